The topological polar surface area (TPSA) is 52.9 Å². The summed E-state index contributed by atoms with van der Waals surface area (Å²) in [5.74, 6) is 0.589. The first-order valence-electron chi connectivity index (χ1n) is 8.84. The Balaban J connectivity index is 1.71. The van der Waals surface area contributed by atoms with Gasteiger partial charge in [-0.15, -0.1) is 11.8 Å². The number of nitrogens with zero attached hydrogens (tertiary/aromatic N) is 1. The van der Waals surface area contributed by atoms with E-state index in [9.17, 15) is 4.79 Å². The molecule has 0 spiro atoms. The smallest absolute Gasteiger partial charge is 0.252 e. The number of amides is 1. The molecule has 0 saturated heterocycles. The molecule has 0 aliphatic rings. The van der Waals surface area contributed by atoms with E-state index < -0.39 is 0 Å². The van der Waals surface area contributed by atoms with Gasteiger partial charge >= 0.3 is 0 Å². The number of carbonyl (C=O) groups excluding carboxylic acids is 1. The van der Waals surface area contributed by atoms with Gasteiger partial charge < -0.3 is 5.32 Å². The summed E-state index contributed by atoms with van der Waals surface area (Å²) in [5, 5.41) is 12.6. The molecule has 0 fully saturated rings. The highest BCUT2D eigenvalue weighted by Crippen LogP contribution is 2.28. The van der Waals surface area contributed by atoms with E-state index >= 15 is 0 Å². The zero-order valence-corrected chi connectivity index (χ0v) is 16.9. The van der Waals surface area contributed by atoms with Crippen LogP contribution in [-0.4, -0.2) is 5.91 Å². The average Bonchev–Trinajstić information content (AvgIpc) is 2.73. The summed E-state index contributed by atoms with van der Waals surface area (Å²) in [5.41, 5.74) is 3.27. The molecule has 5 heteroatoms. The molecule has 3 aromatic rings. The molecule has 1 N–H and O–H groups in total. The van der Waals surface area contributed by atoms with Crippen molar-refractivity contribution in [1.82, 2.24) is 5.32 Å². The number of nitriles is 1. The highest BCUT2D eigenvalue weighted by atomic mass is 35.5. The van der Waals surface area contributed by atoms with E-state index in [2.05, 4.69) is 11.4 Å². The normalized spacial score (nSPS) is 11.5. The zero-order valence-electron chi connectivity index (χ0n) is 15.4. The number of rotatable bonds is 6. The number of carbonyl (C=O) groups is 1. The minimum Gasteiger partial charge on any atom is -0.345 e. The van der Waals surface area contributed by atoms with Crippen LogP contribution < -0.4 is 5.32 Å². The number of hydrogen-bond acceptors (Lipinski definition) is 3. The third kappa shape index (κ3) is 4.95. The summed E-state index contributed by atoms with van der Waals surface area (Å²) in [7, 11) is 0. The van der Waals surface area contributed by atoms with Crippen molar-refractivity contribution in [3.05, 3.63) is 100 Å². The molecule has 0 aliphatic heterocycles. The fraction of sp³-hybridized carbons (Fsp3) is 0.130. The molecule has 0 saturated carbocycles. The van der Waals surface area contributed by atoms with Crippen molar-refractivity contribution < 1.29 is 4.79 Å². The van der Waals surface area contributed by atoms with Crippen molar-refractivity contribution in [2.45, 2.75) is 23.6 Å². The van der Waals surface area contributed by atoms with E-state index in [1.807, 2.05) is 67.6 Å². The lowest BCUT2D eigenvalue weighted by Gasteiger charge is -2.17. The fourth-order valence-corrected chi connectivity index (χ4v) is 4.10. The Morgan fingerprint density at radius 1 is 1.07 bits per heavy atom. The number of hydrogen-bond donors (Lipinski definition) is 1. The van der Waals surface area contributed by atoms with Crippen molar-refractivity contribution in [1.29, 1.82) is 5.26 Å². The van der Waals surface area contributed by atoms with E-state index in [-0.39, 0.29) is 11.9 Å². The van der Waals surface area contributed by atoms with Crippen molar-refractivity contribution in [2.24, 2.45) is 0 Å². The van der Waals surface area contributed by atoms with E-state index in [4.69, 9.17) is 16.9 Å². The van der Waals surface area contributed by atoms with Gasteiger partial charge in [0.05, 0.1) is 23.2 Å². The number of benzene rings is 3. The summed E-state index contributed by atoms with van der Waals surface area (Å²) >= 11 is 7.84. The molecule has 1 unspecified atom stereocenters. The van der Waals surface area contributed by atoms with Gasteiger partial charge in [-0.25, -0.2) is 0 Å². The van der Waals surface area contributed by atoms with Crippen LogP contribution in [0.25, 0.3) is 0 Å². The maximum absolute atomic E-state index is 12.9. The molecule has 1 atom stereocenters. The Morgan fingerprint density at radius 2 is 1.75 bits per heavy atom. The molecule has 3 nitrogen and oxygen atoms in total. The second-order valence-electron chi connectivity index (χ2n) is 6.31. The van der Waals surface area contributed by atoms with Crippen LogP contribution >= 0.6 is 23.4 Å². The third-order valence-electron chi connectivity index (χ3n) is 4.33. The van der Waals surface area contributed by atoms with Crippen molar-refractivity contribution in [2.75, 3.05) is 0 Å². The van der Waals surface area contributed by atoms with Crippen LogP contribution in [0.3, 0.4) is 0 Å². The molecule has 0 aromatic heterocycles. The average molecular weight is 407 g/mol. The quantitative estimate of drug-likeness (QED) is 0.511. The fourth-order valence-electron chi connectivity index (χ4n) is 2.80. The summed E-state index contributed by atoms with van der Waals surface area (Å²) in [6.45, 7) is 1.92. The molecule has 140 valence electrons. The van der Waals surface area contributed by atoms with Crippen LogP contribution in [0.5, 0.6) is 0 Å². The largest absolute Gasteiger partial charge is 0.345 e. The Bertz CT molecular complexity index is 1010. The van der Waals surface area contributed by atoms with Gasteiger partial charge in [-0.2, -0.15) is 5.26 Å². The molecule has 1 amide bonds. The minimum atomic E-state index is -0.196. The monoisotopic (exact) mass is 406 g/mol. The summed E-state index contributed by atoms with van der Waals surface area (Å²) < 4.78 is 0. The Morgan fingerprint density at radius 3 is 2.46 bits per heavy atom. The molecule has 3 aromatic carbocycles. The second kappa shape index (κ2) is 9.45. The van der Waals surface area contributed by atoms with Crippen LogP contribution in [0, 0.1) is 11.3 Å². The SMILES string of the molecule is CC(NC(=O)c1ccccc1SCc1ccc(C#N)cc1)c1ccccc1Cl. The van der Waals surface area contributed by atoms with E-state index in [0.29, 0.717) is 16.1 Å². The molecule has 0 aliphatic carbocycles. The summed E-state index contributed by atoms with van der Waals surface area (Å²) in [6.07, 6.45) is 0. The number of thioether (sulfide) groups is 1. The van der Waals surface area contributed by atoms with Crippen LogP contribution in [0.2, 0.25) is 5.02 Å². The van der Waals surface area contributed by atoms with Gasteiger partial charge in [-0.1, -0.05) is 54.1 Å². The molecule has 0 heterocycles. The predicted octanol–water partition coefficient (Wildman–Crippen LogP) is 5.99. The van der Waals surface area contributed by atoms with Gasteiger partial charge in [0.2, 0.25) is 0 Å². The highest BCUT2D eigenvalue weighted by molar-refractivity contribution is 7.98. The molecule has 28 heavy (non-hydrogen) atoms. The summed E-state index contributed by atoms with van der Waals surface area (Å²) in [4.78, 5) is 13.8. The Kier molecular flexibility index (Phi) is 6.76. The maximum atomic E-state index is 12.9. The minimum absolute atomic E-state index is 0.129. The van der Waals surface area contributed by atoms with Gasteiger partial charge in [-0.05, 0) is 48.4 Å². The van der Waals surface area contributed by atoms with Crippen LogP contribution in [0.15, 0.2) is 77.7 Å². The summed E-state index contributed by atoms with van der Waals surface area (Å²) in [6, 6.07) is 24.5. The first kappa shape index (κ1) is 20.0. The second-order valence-corrected chi connectivity index (χ2v) is 7.73. The van der Waals surface area contributed by atoms with Crippen LogP contribution in [0.1, 0.15) is 40.0 Å². The third-order valence-corrected chi connectivity index (χ3v) is 5.82. The lowest BCUT2D eigenvalue weighted by atomic mass is 10.1. The van der Waals surface area contributed by atoms with E-state index in [1.165, 1.54) is 0 Å². The van der Waals surface area contributed by atoms with Crippen LogP contribution in [0.4, 0.5) is 0 Å². The van der Waals surface area contributed by atoms with E-state index in [0.717, 1.165) is 21.8 Å². The maximum Gasteiger partial charge on any atom is 0.252 e. The molecular formula is C23H19ClN2OS. The first-order chi connectivity index (χ1) is 13.6. The lowest BCUT2D eigenvalue weighted by molar-refractivity contribution is 0.0937. The first-order valence-corrected chi connectivity index (χ1v) is 10.2. The van der Waals surface area contributed by atoms with Gasteiger partial charge in [0.1, 0.15) is 0 Å². The van der Waals surface area contributed by atoms with Crippen molar-refractivity contribution in [3.63, 3.8) is 0 Å². The van der Waals surface area contributed by atoms with Gasteiger partial charge in [-0.3, -0.25) is 4.79 Å². The highest BCUT2D eigenvalue weighted by Gasteiger charge is 2.16. The van der Waals surface area contributed by atoms with Gasteiger partial charge in [0.15, 0.2) is 0 Å². The van der Waals surface area contributed by atoms with E-state index in [1.54, 1.807) is 23.9 Å². The Labute approximate surface area is 174 Å². The molecule has 0 bridgehead atoms. The zero-order chi connectivity index (χ0) is 19.9. The van der Waals surface area contributed by atoms with Crippen LogP contribution in [-0.2, 0) is 5.75 Å². The number of nitrogens with one attached hydrogen (secondary N) is 1. The molecular weight excluding hydrogens is 388 g/mol. The molecule has 3 rings (SSSR count). The predicted molar refractivity (Wildman–Crippen MR) is 114 cm³/mol. The standard InChI is InChI=1S/C23H19ClN2OS/c1-16(19-6-2-4-8-21(19)24)26-23(27)20-7-3-5-9-22(20)28-15-18-12-10-17(14-25)11-13-18/h2-13,16H,15H2,1H3,(H,26,27). The van der Waals surface area contributed by atoms with Gasteiger partial charge in [0, 0.05) is 15.7 Å². The number of halogens is 1. The Hall–Kier alpha value is -2.74. The van der Waals surface area contributed by atoms with Crippen molar-refractivity contribution >= 4 is 29.3 Å². The lowest BCUT2D eigenvalue weighted by Crippen LogP contribution is -2.27. The molecule has 0 radical (unpaired) electrons. The van der Waals surface area contributed by atoms with Crippen molar-refractivity contribution in [3.8, 4) is 6.07 Å². The van der Waals surface area contributed by atoms with Gasteiger partial charge in [0.25, 0.3) is 5.91 Å².